The number of rotatable bonds is 5. The first kappa shape index (κ1) is 21.2. The van der Waals surface area contributed by atoms with Crippen LogP contribution in [0.15, 0.2) is 12.1 Å². The van der Waals surface area contributed by atoms with Crippen LogP contribution in [-0.4, -0.2) is 13.0 Å². The summed E-state index contributed by atoms with van der Waals surface area (Å²) in [6.07, 6.45) is 17.9. The Morgan fingerprint density at radius 3 is 1.41 bits per heavy atom. The molecule has 0 spiro atoms. The molecule has 0 saturated heterocycles. The Morgan fingerprint density at radius 1 is 0.655 bits per heavy atom. The smallest absolute Gasteiger partial charge is 0.361 e. The minimum atomic E-state index is -4.54. The molecular formula is C24H36O4S. The molecule has 1 aromatic rings. The van der Waals surface area contributed by atoms with Crippen LogP contribution in [-0.2, 0) is 10.4 Å². The molecule has 0 aliphatic heterocycles. The van der Waals surface area contributed by atoms with E-state index in [1.165, 1.54) is 76.2 Å². The quantitative estimate of drug-likeness (QED) is 0.520. The lowest BCUT2D eigenvalue weighted by molar-refractivity contribution is 0.368. The Labute approximate surface area is 176 Å². The van der Waals surface area contributed by atoms with Crippen LogP contribution in [0, 0.1) is 0 Å². The number of hydrogen-bond donors (Lipinski definition) is 1. The third-order valence-corrected chi connectivity index (χ3v) is 7.90. The molecular weight excluding hydrogens is 384 g/mol. The summed E-state index contributed by atoms with van der Waals surface area (Å²) in [6.45, 7) is 0. The lowest BCUT2D eigenvalue weighted by Crippen LogP contribution is -2.17. The van der Waals surface area contributed by atoms with Crippen LogP contribution >= 0.6 is 0 Å². The zero-order valence-electron chi connectivity index (χ0n) is 17.6. The molecule has 0 amide bonds. The second-order valence-electron chi connectivity index (χ2n) is 9.54. The van der Waals surface area contributed by atoms with Crippen molar-refractivity contribution in [3.05, 3.63) is 28.8 Å². The van der Waals surface area contributed by atoms with Crippen LogP contribution in [0.5, 0.6) is 5.75 Å². The van der Waals surface area contributed by atoms with E-state index >= 15 is 0 Å². The predicted molar refractivity (Wildman–Crippen MR) is 116 cm³/mol. The Morgan fingerprint density at radius 2 is 1.03 bits per heavy atom. The standard InChI is InChI=1S/C24H36O4S/c25-29(26,27)28-24-22(19-12-6-2-7-13-19)16-21(18-10-4-1-5-11-18)17-23(24)20-14-8-3-9-15-20/h16-20H,1-15H2,(H,25,26,27). The second-order valence-corrected chi connectivity index (χ2v) is 10.6. The van der Waals surface area contributed by atoms with Crippen molar-refractivity contribution in [2.75, 3.05) is 0 Å². The molecule has 162 valence electrons. The van der Waals surface area contributed by atoms with Gasteiger partial charge in [0.05, 0.1) is 0 Å². The fourth-order valence-electron chi connectivity index (χ4n) is 6.01. The van der Waals surface area contributed by atoms with Crippen molar-refractivity contribution < 1.29 is 17.2 Å². The molecule has 0 bridgehead atoms. The van der Waals surface area contributed by atoms with Gasteiger partial charge in [0.15, 0.2) is 5.75 Å². The topological polar surface area (TPSA) is 63.6 Å². The average molecular weight is 421 g/mol. The molecule has 4 rings (SSSR count). The third-order valence-electron chi connectivity index (χ3n) is 7.52. The lowest BCUT2D eigenvalue weighted by Gasteiger charge is -2.31. The molecule has 4 nitrogen and oxygen atoms in total. The van der Waals surface area contributed by atoms with Crippen molar-refractivity contribution in [2.45, 2.75) is 114 Å². The van der Waals surface area contributed by atoms with Crippen molar-refractivity contribution in [1.29, 1.82) is 0 Å². The summed E-state index contributed by atoms with van der Waals surface area (Å²) in [4.78, 5) is 0. The van der Waals surface area contributed by atoms with Crippen molar-refractivity contribution >= 4 is 10.4 Å². The van der Waals surface area contributed by atoms with Gasteiger partial charge in [0.2, 0.25) is 0 Å². The normalized spacial score (nSPS) is 23.2. The van der Waals surface area contributed by atoms with Gasteiger partial charge in [-0.1, -0.05) is 69.9 Å². The molecule has 3 fully saturated rings. The van der Waals surface area contributed by atoms with Crippen LogP contribution in [0.25, 0.3) is 0 Å². The van der Waals surface area contributed by atoms with Gasteiger partial charge in [-0.2, -0.15) is 8.42 Å². The molecule has 1 N–H and O–H groups in total. The second kappa shape index (κ2) is 9.38. The molecule has 3 aliphatic carbocycles. The highest BCUT2D eigenvalue weighted by atomic mass is 32.3. The van der Waals surface area contributed by atoms with E-state index in [9.17, 15) is 13.0 Å². The van der Waals surface area contributed by atoms with Gasteiger partial charge in [0.1, 0.15) is 0 Å². The van der Waals surface area contributed by atoms with Gasteiger partial charge in [0.25, 0.3) is 0 Å². The Kier molecular flexibility index (Phi) is 6.85. The maximum atomic E-state index is 11.8. The van der Waals surface area contributed by atoms with E-state index in [0.29, 0.717) is 23.5 Å². The summed E-state index contributed by atoms with van der Waals surface area (Å²) in [5.41, 5.74) is 3.48. The van der Waals surface area contributed by atoms with Crippen LogP contribution in [0.1, 0.15) is 131 Å². The third kappa shape index (κ3) is 5.35. The number of hydrogen-bond acceptors (Lipinski definition) is 3. The number of benzene rings is 1. The highest BCUT2D eigenvalue weighted by Gasteiger charge is 2.30. The predicted octanol–water partition coefficient (Wildman–Crippen LogP) is 7.01. The minimum Gasteiger partial charge on any atom is -0.361 e. The van der Waals surface area contributed by atoms with Gasteiger partial charge >= 0.3 is 10.4 Å². The van der Waals surface area contributed by atoms with Crippen molar-refractivity contribution in [3.8, 4) is 5.75 Å². The van der Waals surface area contributed by atoms with Gasteiger partial charge in [0, 0.05) is 0 Å². The molecule has 29 heavy (non-hydrogen) atoms. The molecule has 0 unspecified atom stereocenters. The van der Waals surface area contributed by atoms with E-state index in [4.69, 9.17) is 4.18 Å². The Bertz CT molecular complexity index is 744. The first-order valence-corrected chi connectivity index (χ1v) is 13.2. The van der Waals surface area contributed by atoms with Crippen LogP contribution in [0.2, 0.25) is 0 Å². The van der Waals surface area contributed by atoms with Gasteiger partial charge in [-0.25, -0.2) is 0 Å². The average Bonchev–Trinajstić information content (AvgIpc) is 2.74. The first-order chi connectivity index (χ1) is 14.0. The first-order valence-electron chi connectivity index (χ1n) is 11.9. The van der Waals surface area contributed by atoms with Crippen LogP contribution in [0.3, 0.4) is 0 Å². The van der Waals surface area contributed by atoms with Gasteiger partial charge in [-0.15, -0.1) is 0 Å². The molecule has 0 aromatic heterocycles. The monoisotopic (exact) mass is 420 g/mol. The van der Waals surface area contributed by atoms with E-state index in [0.717, 1.165) is 36.8 Å². The molecule has 0 radical (unpaired) electrons. The molecule has 0 atom stereocenters. The van der Waals surface area contributed by atoms with E-state index in [-0.39, 0.29) is 0 Å². The SMILES string of the molecule is O=S(=O)(O)Oc1c(C2CCCCC2)cc(C2CCCCC2)cc1C1CCCCC1. The maximum Gasteiger partial charge on any atom is 0.446 e. The largest absolute Gasteiger partial charge is 0.446 e. The van der Waals surface area contributed by atoms with Crippen molar-refractivity contribution in [2.24, 2.45) is 0 Å². The Hall–Kier alpha value is -1.07. The van der Waals surface area contributed by atoms with Crippen molar-refractivity contribution in [3.63, 3.8) is 0 Å². The van der Waals surface area contributed by atoms with E-state index < -0.39 is 10.4 Å². The summed E-state index contributed by atoms with van der Waals surface area (Å²) >= 11 is 0. The van der Waals surface area contributed by atoms with Gasteiger partial charge in [-0.05, 0) is 73.0 Å². The highest BCUT2D eigenvalue weighted by molar-refractivity contribution is 7.81. The molecule has 3 aliphatic rings. The summed E-state index contributed by atoms with van der Waals surface area (Å²) < 4.78 is 38.5. The van der Waals surface area contributed by atoms with E-state index in [1.54, 1.807) is 0 Å². The minimum absolute atomic E-state index is 0.339. The van der Waals surface area contributed by atoms with Crippen molar-refractivity contribution in [1.82, 2.24) is 0 Å². The summed E-state index contributed by atoms with van der Waals surface area (Å²) in [6, 6.07) is 4.50. The van der Waals surface area contributed by atoms with E-state index in [1.807, 2.05) is 0 Å². The zero-order chi connectivity index (χ0) is 20.3. The zero-order valence-corrected chi connectivity index (χ0v) is 18.4. The molecule has 3 saturated carbocycles. The Balaban J connectivity index is 1.81. The molecule has 5 heteroatoms. The maximum absolute atomic E-state index is 11.8. The van der Waals surface area contributed by atoms with Crippen LogP contribution < -0.4 is 4.18 Å². The van der Waals surface area contributed by atoms with Gasteiger partial charge < -0.3 is 4.18 Å². The fourth-order valence-corrected chi connectivity index (χ4v) is 6.41. The summed E-state index contributed by atoms with van der Waals surface area (Å²) in [5.74, 6) is 1.72. The van der Waals surface area contributed by atoms with Gasteiger partial charge in [-0.3, -0.25) is 4.55 Å². The fraction of sp³-hybridized carbons (Fsp3) is 0.750. The highest BCUT2D eigenvalue weighted by Crippen LogP contribution is 2.47. The summed E-state index contributed by atoms with van der Waals surface area (Å²) in [7, 11) is -4.54. The van der Waals surface area contributed by atoms with Crippen LogP contribution in [0.4, 0.5) is 0 Å². The lowest BCUT2D eigenvalue weighted by atomic mass is 9.75. The summed E-state index contributed by atoms with van der Waals surface area (Å²) in [5, 5.41) is 0. The molecule has 1 aromatic carbocycles. The van der Waals surface area contributed by atoms with E-state index in [2.05, 4.69) is 12.1 Å². The molecule has 0 heterocycles.